The van der Waals surface area contributed by atoms with Gasteiger partial charge < -0.3 is 20.3 Å². The molecule has 2 aromatic heterocycles. The molecule has 1 amide bonds. The van der Waals surface area contributed by atoms with E-state index in [4.69, 9.17) is 28.6 Å². The molecule has 0 bridgehead atoms. The zero-order chi connectivity index (χ0) is 21.8. The maximum Gasteiger partial charge on any atom is 0.226 e. The molecule has 9 heteroatoms. The Morgan fingerprint density at radius 3 is 2.77 bits per heavy atom. The number of halogens is 1. The summed E-state index contributed by atoms with van der Waals surface area (Å²) >= 11 is 13.4. The van der Waals surface area contributed by atoms with Crippen molar-refractivity contribution in [3.05, 3.63) is 75.7 Å². The SMILES string of the molecule is COc1ccccc1NC(=O)CCN1C(=S)N[C@@H](c2ccccn2)[C@H]1c1ccc(Cl)s1. The number of rotatable bonds is 7. The predicted molar refractivity (Wildman–Crippen MR) is 128 cm³/mol. The summed E-state index contributed by atoms with van der Waals surface area (Å²) in [5.74, 6) is 0.507. The fourth-order valence-corrected chi connectivity index (χ4v) is 5.17. The Balaban J connectivity index is 1.52. The van der Waals surface area contributed by atoms with E-state index in [1.54, 1.807) is 13.3 Å². The fraction of sp³-hybridized carbons (Fsp3) is 0.227. The number of carbonyl (C=O) groups excluding carboxylic acids is 1. The second-order valence-corrected chi connectivity index (χ2v) is 9.09. The van der Waals surface area contributed by atoms with Gasteiger partial charge in [0.25, 0.3) is 0 Å². The van der Waals surface area contributed by atoms with Crippen molar-refractivity contribution in [3.63, 3.8) is 0 Å². The lowest BCUT2D eigenvalue weighted by molar-refractivity contribution is -0.116. The van der Waals surface area contributed by atoms with Crippen LogP contribution in [0.15, 0.2) is 60.8 Å². The van der Waals surface area contributed by atoms with Gasteiger partial charge in [-0.2, -0.15) is 0 Å². The average molecular weight is 473 g/mol. The molecule has 31 heavy (non-hydrogen) atoms. The molecule has 2 N–H and O–H groups in total. The molecule has 1 aromatic carbocycles. The zero-order valence-corrected chi connectivity index (χ0v) is 19.1. The molecular formula is C22H21ClN4O2S2. The van der Waals surface area contributed by atoms with Crippen molar-refractivity contribution in [1.82, 2.24) is 15.2 Å². The first-order valence-electron chi connectivity index (χ1n) is 9.73. The monoisotopic (exact) mass is 472 g/mol. The Hall–Kier alpha value is -2.68. The number of benzene rings is 1. The molecule has 1 fully saturated rings. The van der Waals surface area contributed by atoms with Crippen LogP contribution in [-0.4, -0.2) is 34.6 Å². The molecule has 3 heterocycles. The highest BCUT2D eigenvalue weighted by Crippen LogP contribution is 2.42. The minimum absolute atomic E-state index is 0.0982. The van der Waals surface area contributed by atoms with E-state index in [0.717, 1.165) is 10.6 Å². The lowest BCUT2D eigenvalue weighted by Crippen LogP contribution is -2.32. The standard InChI is InChI=1S/C22H21ClN4O2S2/c1-29-16-8-3-2-6-14(16)25-19(28)11-13-27-21(17-9-10-18(23)31-17)20(26-22(27)30)15-7-4-5-12-24-15/h2-10,12,20-21H,11,13H2,1H3,(H,25,28)(H,26,30)/t20-,21+/m0/s1. The molecule has 1 saturated heterocycles. The van der Waals surface area contributed by atoms with E-state index in [2.05, 4.69) is 15.6 Å². The van der Waals surface area contributed by atoms with Crippen LogP contribution in [0.3, 0.4) is 0 Å². The maximum absolute atomic E-state index is 12.7. The third-order valence-corrected chi connectivity index (χ3v) is 6.70. The number of nitrogens with zero attached hydrogens (tertiary/aromatic N) is 2. The number of hydrogen-bond acceptors (Lipinski definition) is 5. The van der Waals surface area contributed by atoms with Crippen LogP contribution in [-0.2, 0) is 4.79 Å². The van der Waals surface area contributed by atoms with Gasteiger partial charge in [0, 0.05) is 24.0 Å². The Morgan fingerprint density at radius 1 is 1.26 bits per heavy atom. The van der Waals surface area contributed by atoms with Crippen molar-refractivity contribution in [3.8, 4) is 5.75 Å². The predicted octanol–water partition coefficient (Wildman–Crippen LogP) is 4.81. The summed E-state index contributed by atoms with van der Waals surface area (Å²) in [6.45, 7) is 0.455. The fourth-order valence-electron chi connectivity index (χ4n) is 3.63. The van der Waals surface area contributed by atoms with Crippen LogP contribution in [0.4, 0.5) is 5.69 Å². The summed E-state index contributed by atoms with van der Waals surface area (Å²) in [6, 6.07) is 16.8. The van der Waals surface area contributed by atoms with Gasteiger partial charge in [-0.3, -0.25) is 9.78 Å². The maximum atomic E-state index is 12.7. The van der Waals surface area contributed by atoms with Crippen LogP contribution >= 0.6 is 35.2 Å². The summed E-state index contributed by atoms with van der Waals surface area (Å²) in [5, 5.41) is 6.89. The van der Waals surface area contributed by atoms with Crippen LogP contribution in [0.2, 0.25) is 4.34 Å². The number of thiophene rings is 1. The number of thiocarbonyl (C=S) groups is 1. The van der Waals surface area contributed by atoms with Crippen LogP contribution in [0.25, 0.3) is 0 Å². The molecule has 0 saturated carbocycles. The van der Waals surface area contributed by atoms with Gasteiger partial charge in [0.2, 0.25) is 5.91 Å². The molecule has 0 spiro atoms. The van der Waals surface area contributed by atoms with Crippen molar-refractivity contribution < 1.29 is 9.53 Å². The highest BCUT2D eigenvalue weighted by molar-refractivity contribution is 7.80. The summed E-state index contributed by atoms with van der Waals surface area (Å²) in [5.41, 5.74) is 1.53. The van der Waals surface area contributed by atoms with Crippen LogP contribution in [0, 0.1) is 0 Å². The Morgan fingerprint density at radius 2 is 2.06 bits per heavy atom. The highest BCUT2D eigenvalue weighted by Gasteiger charge is 2.40. The van der Waals surface area contributed by atoms with E-state index in [9.17, 15) is 4.79 Å². The van der Waals surface area contributed by atoms with Gasteiger partial charge >= 0.3 is 0 Å². The van der Waals surface area contributed by atoms with Gasteiger partial charge in [-0.05, 0) is 48.6 Å². The lowest BCUT2D eigenvalue weighted by atomic mass is 10.0. The number of hydrogen-bond donors (Lipinski definition) is 2. The van der Waals surface area contributed by atoms with Crippen molar-refractivity contribution in [1.29, 1.82) is 0 Å². The van der Waals surface area contributed by atoms with Crippen LogP contribution in [0.1, 0.15) is 29.1 Å². The smallest absolute Gasteiger partial charge is 0.226 e. The summed E-state index contributed by atoms with van der Waals surface area (Å²) < 4.78 is 6.02. The van der Waals surface area contributed by atoms with Gasteiger partial charge in [-0.25, -0.2) is 0 Å². The minimum Gasteiger partial charge on any atom is -0.495 e. The van der Waals surface area contributed by atoms with Gasteiger partial charge in [0.15, 0.2) is 5.11 Å². The molecule has 0 radical (unpaired) electrons. The molecule has 3 aromatic rings. The molecule has 6 nitrogen and oxygen atoms in total. The Labute approximate surface area is 195 Å². The number of methoxy groups -OCH3 is 1. The van der Waals surface area contributed by atoms with Gasteiger partial charge in [-0.15, -0.1) is 11.3 Å². The first-order chi connectivity index (χ1) is 15.1. The normalized spacial score (nSPS) is 18.0. The number of aromatic nitrogens is 1. The highest BCUT2D eigenvalue weighted by atomic mass is 35.5. The van der Waals surface area contributed by atoms with Crippen molar-refractivity contribution >= 4 is 51.9 Å². The van der Waals surface area contributed by atoms with Crippen molar-refractivity contribution in [2.75, 3.05) is 19.0 Å². The largest absolute Gasteiger partial charge is 0.495 e. The molecule has 4 rings (SSSR count). The number of nitrogens with one attached hydrogen (secondary N) is 2. The zero-order valence-electron chi connectivity index (χ0n) is 16.7. The number of para-hydroxylation sites is 2. The molecule has 1 aliphatic heterocycles. The molecular weight excluding hydrogens is 452 g/mol. The van der Waals surface area contributed by atoms with E-state index < -0.39 is 0 Å². The van der Waals surface area contributed by atoms with Gasteiger partial charge in [-0.1, -0.05) is 29.8 Å². The first kappa shape index (κ1) is 21.5. The number of ether oxygens (including phenoxy) is 1. The second-order valence-electron chi connectivity index (χ2n) is 6.96. The van der Waals surface area contributed by atoms with E-state index in [0.29, 0.717) is 27.4 Å². The molecule has 160 valence electrons. The Kier molecular flexibility index (Phi) is 6.70. The van der Waals surface area contributed by atoms with Crippen LogP contribution < -0.4 is 15.4 Å². The minimum atomic E-state index is -0.124. The van der Waals surface area contributed by atoms with Crippen molar-refractivity contribution in [2.45, 2.75) is 18.5 Å². The van der Waals surface area contributed by atoms with E-state index in [1.807, 2.05) is 59.5 Å². The molecule has 2 atom stereocenters. The summed E-state index contributed by atoms with van der Waals surface area (Å²) in [7, 11) is 1.58. The van der Waals surface area contributed by atoms with Crippen molar-refractivity contribution in [2.24, 2.45) is 0 Å². The number of pyridine rings is 1. The molecule has 0 unspecified atom stereocenters. The number of anilines is 1. The van der Waals surface area contributed by atoms with Crippen LogP contribution in [0.5, 0.6) is 5.75 Å². The van der Waals surface area contributed by atoms with E-state index in [1.165, 1.54) is 11.3 Å². The molecule has 0 aliphatic carbocycles. The first-order valence-corrected chi connectivity index (χ1v) is 11.3. The van der Waals surface area contributed by atoms with Gasteiger partial charge in [0.1, 0.15) is 5.75 Å². The lowest BCUT2D eigenvalue weighted by Gasteiger charge is -2.26. The molecule has 1 aliphatic rings. The summed E-state index contributed by atoms with van der Waals surface area (Å²) in [6.07, 6.45) is 2.03. The third-order valence-electron chi connectivity index (χ3n) is 5.04. The number of amides is 1. The van der Waals surface area contributed by atoms with E-state index >= 15 is 0 Å². The summed E-state index contributed by atoms with van der Waals surface area (Å²) in [4.78, 5) is 20.3. The topological polar surface area (TPSA) is 66.5 Å². The number of carbonyl (C=O) groups is 1. The average Bonchev–Trinajstić information content (AvgIpc) is 3.35. The van der Waals surface area contributed by atoms with E-state index in [-0.39, 0.29) is 24.4 Å². The van der Waals surface area contributed by atoms with Gasteiger partial charge in [0.05, 0.1) is 34.9 Å². The second kappa shape index (κ2) is 9.64. The quantitative estimate of drug-likeness (QED) is 0.481. The third kappa shape index (κ3) is 4.81. The Bertz CT molecular complexity index is 1080.